The molecule has 3 aliphatic heterocycles. The number of methoxy groups -OCH3 is 2. The highest BCUT2D eigenvalue weighted by molar-refractivity contribution is 7.99. The number of fused-ring (bicyclic) bond motifs is 4. The van der Waals surface area contributed by atoms with Gasteiger partial charge in [0.1, 0.15) is 11.5 Å². The molecule has 0 saturated carbocycles. The SMILES string of the molecule is COC(=O)[C@H]1[C@@H](C(=O)OC)[C@@]2(C(=O)Nc3ccccc32)N2CSC[C@@H]12. The Kier molecular flexibility index (Phi) is 3.77. The quantitative estimate of drug-likeness (QED) is 0.779. The van der Waals surface area contributed by atoms with Gasteiger partial charge in [-0.2, -0.15) is 0 Å². The zero-order chi connectivity index (χ0) is 17.8. The summed E-state index contributed by atoms with van der Waals surface area (Å²) in [7, 11) is 2.58. The zero-order valence-corrected chi connectivity index (χ0v) is 14.7. The van der Waals surface area contributed by atoms with E-state index in [1.54, 1.807) is 17.8 Å². The molecular formula is C17H18N2O5S. The lowest BCUT2D eigenvalue weighted by Gasteiger charge is -2.35. The Balaban J connectivity index is 1.97. The van der Waals surface area contributed by atoms with Crippen LogP contribution in [0.5, 0.6) is 0 Å². The number of carbonyl (C=O) groups is 3. The Morgan fingerprint density at radius 2 is 1.96 bits per heavy atom. The van der Waals surface area contributed by atoms with Crippen LogP contribution in [0.4, 0.5) is 5.69 Å². The molecule has 4 rings (SSSR count). The molecule has 1 amide bonds. The number of carbonyl (C=O) groups excluding carboxylic acids is 3. The predicted molar refractivity (Wildman–Crippen MR) is 90.7 cm³/mol. The van der Waals surface area contributed by atoms with Crippen LogP contribution in [0.2, 0.25) is 0 Å². The fourth-order valence-corrected chi connectivity index (χ4v) is 5.84. The maximum Gasteiger partial charge on any atom is 0.312 e. The molecule has 4 atom stereocenters. The van der Waals surface area contributed by atoms with Crippen molar-refractivity contribution in [1.29, 1.82) is 0 Å². The molecule has 3 aliphatic rings. The molecule has 2 fully saturated rings. The smallest absolute Gasteiger partial charge is 0.312 e. The molecule has 7 nitrogen and oxygen atoms in total. The Hall–Kier alpha value is -2.06. The molecule has 0 bridgehead atoms. The van der Waals surface area contributed by atoms with Gasteiger partial charge in [-0.3, -0.25) is 19.3 Å². The number of amides is 1. The lowest BCUT2D eigenvalue weighted by Crippen LogP contribution is -2.53. The molecule has 1 aromatic rings. The summed E-state index contributed by atoms with van der Waals surface area (Å²) in [5, 5.41) is 2.88. The van der Waals surface area contributed by atoms with Crippen molar-refractivity contribution in [2.45, 2.75) is 11.6 Å². The monoisotopic (exact) mass is 362 g/mol. The number of hydrogen-bond donors (Lipinski definition) is 1. The summed E-state index contributed by atoms with van der Waals surface area (Å²) in [4.78, 5) is 40.4. The largest absolute Gasteiger partial charge is 0.469 e. The maximum atomic E-state index is 13.2. The Labute approximate surface area is 149 Å². The van der Waals surface area contributed by atoms with Crippen LogP contribution in [0.15, 0.2) is 24.3 Å². The normalized spacial score (nSPS) is 33.0. The second-order valence-corrected chi connectivity index (χ2v) is 7.35. The minimum atomic E-state index is -1.24. The van der Waals surface area contributed by atoms with Crippen LogP contribution in [-0.2, 0) is 29.4 Å². The van der Waals surface area contributed by atoms with E-state index in [-0.39, 0.29) is 11.9 Å². The Morgan fingerprint density at radius 3 is 2.68 bits per heavy atom. The van der Waals surface area contributed by atoms with Crippen molar-refractivity contribution in [2.75, 3.05) is 31.2 Å². The van der Waals surface area contributed by atoms with Gasteiger partial charge < -0.3 is 14.8 Å². The topological polar surface area (TPSA) is 84.9 Å². The second kappa shape index (κ2) is 5.74. The number of benzene rings is 1. The molecule has 0 radical (unpaired) electrons. The van der Waals surface area contributed by atoms with Crippen molar-refractivity contribution in [2.24, 2.45) is 11.8 Å². The number of rotatable bonds is 2. The van der Waals surface area contributed by atoms with Gasteiger partial charge in [-0.1, -0.05) is 18.2 Å². The van der Waals surface area contributed by atoms with Crippen LogP contribution in [0.25, 0.3) is 0 Å². The summed E-state index contributed by atoms with van der Waals surface area (Å²) < 4.78 is 9.99. The van der Waals surface area contributed by atoms with Gasteiger partial charge >= 0.3 is 11.9 Å². The maximum absolute atomic E-state index is 13.2. The molecule has 0 unspecified atom stereocenters. The number of nitrogens with zero attached hydrogens (tertiary/aromatic N) is 1. The summed E-state index contributed by atoms with van der Waals surface area (Å²) in [6.45, 7) is 0. The lowest BCUT2D eigenvalue weighted by molar-refractivity contribution is -0.160. The molecule has 3 heterocycles. The van der Waals surface area contributed by atoms with Crippen molar-refractivity contribution >= 4 is 35.3 Å². The summed E-state index contributed by atoms with van der Waals surface area (Å²) >= 11 is 1.64. The zero-order valence-electron chi connectivity index (χ0n) is 13.9. The van der Waals surface area contributed by atoms with E-state index in [1.807, 2.05) is 23.1 Å². The number of hydrogen-bond acceptors (Lipinski definition) is 7. The van der Waals surface area contributed by atoms with Crippen LogP contribution in [0.3, 0.4) is 0 Å². The van der Waals surface area contributed by atoms with Gasteiger partial charge in [0.05, 0.1) is 20.1 Å². The predicted octanol–water partition coefficient (Wildman–Crippen LogP) is 0.801. The van der Waals surface area contributed by atoms with Crippen LogP contribution in [0, 0.1) is 11.8 Å². The summed E-state index contributed by atoms with van der Waals surface area (Å²) in [5.74, 6) is -1.81. The van der Waals surface area contributed by atoms with E-state index >= 15 is 0 Å². The highest BCUT2D eigenvalue weighted by Gasteiger charge is 2.71. The number of anilines is 1. The van der Waals surface area contributed by atoms with Gasteiger partial charge in [0.2, 0.25) is 0 Å². The van der Waals surface area contributed by atoms with E-state index < -0.39 is 29.3 Å². The fraction of sp³-hybridized carbons (Fsp3) is 0.471. The first-order valence-electron chi connectivity index (χ1n) is 7.98. The van der Waals surface area contributed by atoms with Crippen molar-refractivity contribution < 1.29 is 23.9 Å². The first kappa shape index (κ1) is 16.4. The summed E-state index contributed by atoms with van der Waals surface area (Å²) in [5.41, 5.74) is 0.147. The van der Waals surface area contributed by atoms with Gasteiger partial charge in [0.25, 0.3) is 5.91 Å². The molecule has 0 aliphatic carbocycles. The number of ether oxygens (including phenoxy) is 2. The van der Waals surface area contributed by atoms with E-state index in [2.05, 4.69) is 5.32 Å². The minimum Gasteiger partial charge on any atom is -0.469 e. The molecule has 132 valence electrons. The number of esters is 2. The third-order valence-electron chi connectivity index (χ3n) is 5.46. The Morgan fingerprint density at radius 1 is 1.24 bits per heavy atom. The highest BCUT2D eigenvalue weighted by atomic mass is 32.2. The van der Waals surface area contributed by atoms with Crippen molar-refractivity contribution in [3.05, 3.63) is 29.8 Å². The molecular weight excluding hydrogens is 344 g/mol. The first-order valence-corrected chi connectivity index (χ1v) is 9.14. The highest BCUT2D eigenvalue weighted by Crippen LogP contribution is 2.58. The van der Waals surface area contributed by atoms with Gasteiger partial charge in [0.15, 0.2) is 0 Å². The van der Waals surface area contributed by atoms with E-state index in [0.29, 0.717) is 22.9 Å². The Bertz CT molecular complexity index is 769. The van der Waals surface area contributed by atoms with Gasteiger partial charge in [0, 0.05) is 28.9 Å². The van der Waals surface area contributed by atoms with Crippen molar-refractivity contribution in [3.63, 3.8) is 0 Å². The van der Waals surface area contributed by atoms with E-state index in [4.69, 9.17) is 9.47 Å². The van der Waals surface area contributed by atoms with Crippen LogP contribution in [0.1, 0.15) is 5.56 Å². The lowest BCUT2D eigenvalue weighted by atomic mass is 9.75. The van der Waals surface area contributed by atoms with Gasteiger partial charge in [-0.15, -0.1) is 11.8 Å². The number of para-hydroxylation sites is 1. The van der Waals surface area contributed by atoms with Crippen molar-refractivity contribution in [1.82, 2.24) is 4.90 Å². The molecule has 2 saturated heterocycles. The molecule has 1 aromatic carbocycles. The van der Waals surface area contributed by atoms with Crippen LogP contribution < -0.4 is 5.32 Å². The number of thioether (sulfide) groups is 1. The van der Waals surface area contributed by atoms with Gasteiger partial charge in [-0.25, -0.2) is 0 Å². The molecule has 1 N–H and O–H groups in total. The summed E-state index contributed by atoms with van der Waals surface area (Å²) in [6, 6.07) is 7.05. The first-order chi connectivity index (χ1) is 12.1. The third kappa shape index (κ3) is 1.95. The van der Waals surface area contributed by atoms with E-state index in [1.165, 1.54) is 14.2 Å². The second-order valence-electron chi connectivity index (χ2n) is 6.35. The molecule has 1 spiro atoms. The molecule has 25 heavy (non-hydrogen) atoms. The van der Waals surface area contributed by atoms with E-state index in [0.717, 1.165) is 0 Å². The minimum absolute atomic E-state index is 0.251. The van der Waals surface area contributed by atoms with Crippen LogP contribution in [-0.4, -0.2) is 54.6 Å². The van der Waals surface area contributed by atoms with Crippen molar-refractivity contribution in [3.8, 4) is 0 Å². The van der Waals surface area contributed by atoms with E-state index in [9.17, 15) is 14.4 Å². The number of nitrogens with one attached hydrogen (secondary N) is 1. The van der Waals surface area contributed by atoms with Crippen LogP contribution >= 0.6 is 11.8 Å². The third-order valence-corrected chi connectivity index (χ3v) is 6.49. The molecule has 0 aromatic heterocycles. The summed E-state index contributed by atoms with van der Waals surface area (Å²) in [6.07, 6.45) is 0. The van der Waals surface area contributed by atoms with Gasteiger partial charge in [-0.05, 0) is 6.07 Å². The fourth-order valence-electron chi connectivity index (χ4n) is 4.51. The standard InChI is InChI=1S/C17H18N2O5S/c1-23-14(20)12-11-7-25-8-19(11)17(13(12)15(21)24-2)9-5-3-4-6-10(9)18-16(17)22/h3-6,11-13H,7-8H2,1-2H3,(H,18,22)/t11-,12+,13-,17-/m0/s1. The molecule has 8 heteroatoms. The average Bonchev–Trinajstić information content (AvgIpc) is 3.27. The average molecular weight is 362 g/mol.